The quantitative estimate of drug-likeness (QED) is 0.848. The monoisotopic (exact) mass is 377 g/mol. The van der Waals surface area contributed by atoms with Gasteiger partial charge in [-0.3, -0.25) is 9.59 Å². The molecule has 1 unspecified atom stereocenters. The Morgan fingerprint density at radius 3 is 2.77 bits per heavy atom. The van der Waals surface area contributed by atoms with Gasteiger partial charge in [0, 0.05) is 30.6 Å². The molecule has 1 aliphatic heterocycles. The van der Waals surface area contributed by atoms with Crippen LogP contribution in [0.15, 0.2) is 24.3 Å². The molecule has 142 valence electrons. The number of carbonyl (C=O) groups excluding carboxylic acids is 2. The first-order valence-corrected chi connectivity index (χ1v) is 10.0. The van der Waals surface area contributed by atoms with E-state index < -0.39 is 6.04 Å². The lowest BCUT2D eigenvalue weighted by molar-refractivity contribution is -0.139. The van der Waals surface area contributed by atoms with Gasteiger partial charge in [-0.15, -0.1) is 0 Å². The molecule has 1 aromatic carbocycles. The van der Waals surface area contributed by atoms with Crippen molar-refractivity contribution in [3.8, 4) is 0 Å². The fraction of sp³-hybridized carbons (Fsp3) is 0.600. The number of hydrogen-bond donors (Lipinski definition) is 2. The van der Waals surface area contributed by atoms with Crippen LogP contribution in [0.1, 0.15) is 50.6 Å². The summed E-state index contributed by atoms with van der Waals surface area (Å²) >= 11 is 6.13. The SMILES string of the molecule is C[C@H](NC(=O)C1CCCCC1)C(=O)N1CCNCC1c1cccc(Cl)c1. The summed E-state index contributed by atoms with van der Waals surface area (Å²) in [6, 6.07) is 7.07. The molecule has 1 aromatic rings. The minimum absolute atomic E-state index is 0.0272. The van der Waals surface area contributed by atoms with E-state index >= 15 is 0 Å². The largest absolute Gasteiger partial charge is 0.344 e. The molecule has 2 aliphatic rings. The molecule has 1 saturated carbocycles. The van der Waals surface area contributed by atoms with Gasteiger partial charge in [0.1, 0.15) is 6.04 Å². The number of amides is 2. The van der Waals surface area contributed by atoms with Gasteiger partial charge < -0.3 is 15.5 Å². The maximum absolute atomic E-state index is 13.0. The maximum atomic E-state index is 13.0. The Hall–Kier alpha value is -1.59. The Kier molecular flexibility index (Phi) is 6.54. The van der Waals surface area contributed by atoms with Crippen LogP contribution < -0.4 is 10.6 Å². The zero-order valence-corrected chi connectivity index (χ0v) is 16.1. The van der Waals surface area contributed by atoms with Crippen molar-refractivity contribution in [2.45, 2.75) is 51.1 Å². The molecule has 0 aromatic heterocycles. The second kappa shape index (κ2) is 8.87. The van der Waals surface area contributed by atoms with E-state index in [1.807, 2.05) is 29.2 Å². The van der Waals surface area contributed by atoms with Gasteiger partial charge in [0.25, 0.3) is 0 Å². The van der Waals surface area contributed by atoms with Crippen LogP contribution in [0.25, 0.3) is 0 Å². The Bertz CT molecular complexity index is 646. The molecule has 26 heavy (non-hydrogen) atoms. The first-order chi connectivity index (χ1) is 12.6. The summed E-state index contributed by atoms with van der Waals surface area (Å²) < 4.78 is 0. The molecule has 0 radical (unpaired) electrons. The second-order valence-corrected chi connectivity index (χ2v) is 7.81. The zero-order valence-electron chi connectivity index (χ0n) is 15.3. The van der Waals surface area contributed by atoms with E-state index in [2.05, 4.69) is 10.6 Å². The first-order valence-electron chi connectivity index (χ1n) is 9.63. The topological polar surface area (TPSA) is 61.4 Å². The third-order valence-electron chi connectivity index (χ3n) is 5.47. The van der Waals surface area contributed by atoms with Crippen molar-refractivity contribution >= 4 is 23.4 Å². The molecule has 0 bridgehead atoms. The lowest BCUT2D eigenvalue weighted by Gasteiger charge is -2.38. The minimum Gasteiger partial charge on any atom is -0.344 e. The third kappa shape index (κ3) is 4.57. The fourth-order valence-electron chi connectivity index (χ4n) is 3.99. The molecule has 2 N–H and O–H groups in total. The van der Waals surface area contributed by atoms with E-state index in [9.17, 15) is 9.59 Å². The summed E-state index contributed by atoms with van der Waals surface area (Å²) in [4.78, 5) is 27.4. The molecule has 2 amide bonds. The fourth-order valence-corrected chi connectivity index (χ4v) is 4.18. The van der Waals surface area contributed by atoms with E-state index in [0.29, 0.717) is 18.1 Å². The molecular weight excluding hydrogens is 350 g/mol. The number of nitrogens with zero attached hydrogens (tertiary/aromatic N) is 1. The number of hydrogen-bond acceptors (Lipinski definition) is 3. The maximum Gasteiger partial charge on any atom is 0.245 e. The molecule has 1 heterocycles. The van der Waals surface area contributed by atoms with Gasteiger partial charge in [0.2, 0.25) is 11.8 Å². The number of benzene rings is 1. The minimum atomic E-state index is -0.510. The molecule has 5 nitrogen and oxygen atoms in total. The van der Waals surface area contributed by atoms with Crippen LogP contribution in [0.4, 0.5) is 0 Å². The third-order valence-corrected chi connectivity index (χ3v) is 5.70. The molecule has 3 rings (SSSR count). The van der Waals surface area contributed by atoms with Crippen molar-refractivity contribution < 1.29 is 9.59 Å². The lowest BCUT2D eigenvalue weighted by atomic mass is 9.88. The van der Waals surface area contributed by atoms with E-state index in [1.165, 1.54) is 6.42 Å². The van der Waals surface area contributed by atoms with Gasteiger partial charge in [0.05, 0.1) is 6.04 Å². The van der Waals surface area contributed by atoms with Crippen LogP contribution in [0, 0.1) is 5.92 Å². The summed E-state index contributed by atoms with van der Waals surface area (Å²) in [5.41, 5.74) is 1.02. The van der Waals surface area contributed by atoms with Crippen molar-refractivity contribution in [1.82, 2.24) is 15.5 Å². The average Bonchev–Trinajstić information content (AvgIpc) is 2.68. The lowest BCUT2D eigenvalue weighted by Crippen LogP contribution is -2.55. The van der Waals surface area contributed by atoms with Gasteiger partial charge in [0.15, 0.2) is 0 Å². The molecule has 2 fully saturated rings. The highest BCUT2D eigenvalue weighted by atomic mass is 35.5. The molecular formula is C20H28ClN3O2. The number of nitrogens with one attached hydrogen (secondary N) is 2. The van der Waals surface area contributed by atoms with Gasteiger partial charge in [-0.2, -0.15) is 0 Å². The van der Waals surface area contributed by atoms with Gasteiger partial charge in [-0.1, -0.05) is 43.0 Å². The smallest absolute Gasteiger partial charge is 0.245 e. The van der Waals surface area contributed by atoms with E-state index in [-0.39, 0.29) is 23.8 Å². The molecule has 6 heteroatoms. The predicted octanol–water partition coefficient (Wildman–Crippen LogP) is 2.90. The van der Waals surface area contributed by atoms with Crippen LogP contribution in [-0.2, 0) is 9.59 Å². The molecule has 0 spiro atoms. The molecule has 1 aliphatic carbocycles. The zero-order chi connectivity index (χ0) is 18.5. The Morgan fingerprint density at radius 1 is 1.27 bits per heavy atom. The number of carbonyl (C=O) groups is 2. The van der Waals surface area contributed by atoms with E-state index in [0.717, 1.165) is 37.8 Å². The van der Waals surface area contributed by atoms with Crippen molar-refractivity contribution in [2.24, 2.45) is 5.92 Å². The number of halogens is 1. The van der Waals surface area contributed by atoms with Crippen LogP contribution in [0.3, 0.4) is 0 Å². The highest BCUT2D eigenvalue weighted by Crippen LogP contribution is 2.26. The van der Waals surface area contributed by atoms with Crippen LogP contribution in [0.5, 0.6) is 0 Å². The standard InChI is InChI=1S/C20H28ClN3O2/c1-14(23-19(25)15-6-3-2-4-7-15)20(26)24-11-10-22-13-18(24)16-8-5-9-17(21)12-16/h5,8-9,12,14-15,18,22H,2-4,6-7,10-11,13H2,1H3,(H,23,25)/t14-,18?/m0/s1. The Labute approximate surface area is 160 Å². The Morgan fingerprint density at radius 2 is 2.04 bits per heavy atom. The van der Waals surface area contributed by atoms with Gasteiger partial charge in [-0.25, -0.2) is 0 Å². The van der Waals surface area contributed by atoms with Gasteiger partial charge >= 0.3 is 0 Å². The Balaban J connectivity index is 1.66. The first kappa shape index (κ1) is 19.2. The van der Waals surface area contributed by atoms with Crippen molar-refractivity contribution in [2.75, 3.05) is 19.6 Å². The van der Waals surface area contributed by atoms with E-state index in [4.69, 9.17) is 11.6 Å². The summed E-state index contributed by atoms with van der Waals surface area (Å²) in [7, 11) is 0. The average molecular weight is 378 g/mol. The van der Waals surface area contributed by atoms with Crippen LogP contribution in [0.2, 0.25) is 5.02 Å². The summed E-state index contributed by atoms with van der Waals surface area (Å²) in [6.07, 6.45) is 5.29. The van der Waals surface area contributed by atoms with E-state index in [1.54, 1.807) is 6.92 Å². The van der Waals surface area contributed by atoms with Crippen LogP contribution in [-0.4, -0.2) is 42.4 Å². The normalized spacial score (nSPS) is 22.7. The van der Waals surface area contributed by atoms with Crippen molar-refractivity contribution in [1.29, 1.82) is 0 Å². The summed E-state index contributed by atoms with van der Waals surface area (Å²) in [5, 5.41) is 6.96. The predicted molar refractivity (Wildman–Crippen MR) is 103 cm³/mol. The van der Waals surface area contributed by atoms with Crippen molar-refractivity contribution in [3.05, 3.63) is 34.9 Å². The highest BCUT2D eigenvalue weighted by molar-refractivity contribution is 6.30. The molecule has 2 atom stereocenters. The highest BCUT2D eigenvalue weighted by Gasteiger charge is 2.32. The van der Waals surface area contributed by atoms with Crippen molar-refractivity contribution in [3.63, 3.8) is 0 Å². The van der Waals surface area contributed by atoms with Crippen LogP contribution >= 0.6 is 11.6 Å². The van der Waals surface area contributed by atoms with Gasteiger partial charge in [-0.05, 0) is 37.5 Å². The second-order valence-electron chi connectivity index (χ2n) is 7.37. The number of rotatable bonds is 4. The molecule has 1 saturated heterocycles. The summed E-state index contributed by atoms with van der Waals surface area (Å²) in [6.45, 7) is 3.86. The summed E-state index contributed by atoms with van der Waals surface area (Å²) in [5.74, 6) is 0.0615. The number of piperazine rings is 1.